The van der Waals surface area contributed by atoms with E-state index in [2.05, 4.69) is 5.16 Å². The topological polar surface area (TPSA) is 60.9 Å². The number of hydrogen-bond donors (Lipinski definition) is 0. The normalized spacial score (nSPS) is 11.3. The van der Waals surface area contributed by atoms with Crippen LogP contribution in [0.5, 0.6) is 0 Å². The van der Waals surface area contributed by atoms with Crippen LogP contribution in [0.4, 0.5) is 0 Å². The Balaban J connectivity index is 1.68. The molecule has 0 fully saturated rings. The summed E-state index contributed by atoms with van der Waals surface area (Å²) in [5.41, 5.74) is 2.53. The van der Waals surface area contributed by atoms with Crippen molar-refractivity contribution in [3.8, 4) is 16.1 Å². The Labute approximate surface area is 178 Å². The second-order valence-electron chi connectivity index (χ2n) is 6.40. The Kier molecular flexibility index (Phi) is 4.83. The number of aryl methyl sites for hydroxylation is 1. The third-order valence-corrected chi connectivity index (χ3v) is 7.13. The fourth-order valence-electron chi connectivity index (χ4n) is 3.11. The first-order valence-corrected chi connectivity index (χ1v) is 11.6. The van der Waals surface area contributed by atoms with Gasteiger partial charge >= 0.3 is 0 Å². The number of para-hydroxylation sites is 1. The Morgan fingerprint density at radius 2 is 2.00 bits per heavy atom. The van der Waals surface area contributed by atoms with Crippen molar-refractivity contribution in [3.63, 3.8) is 0 Å². The second-order valence-corrected chi connectivity index (χ2v) is 9.15. The van der Waals surface area contributed by atoms with Crippen LogP contribution in [-0.2, 0) is 5.75 Å². The average Bonchev–Trinajstić information content (AvgIpc) is 3.47. The SMILES string of the molecule is Cc1cc(CSc2nc3scc(-c4cccs4)c3c(=O)n2-c2ccccc2)on1. The third-order valence-electron chi connectivity index (χ3n) is 4.40. The fraction of sp³-hybridized carbons (Fsp3) is 0.0952. The lowest BCUT2D eigenvalue weighted by Gasteiger charge is -2.12. The second kappa shape index (κ2) is 7.62. The summed E-state index contributed by atoms with van der Waals surface area (Å²) in [7, 11) is 0. The lowest BCUT2D eigenvalue weighted by atomic mass is 10.2. The van der Waals surface area contributed by atoms with Crippen LogP contribution in [0.1, 0.15) is 11.5 Å². The van der Waals surface area contributed by atoms with Gasteiger partial charge in [0, 0.05) is 21.9 Å². The van der Waals surface area contributed by atoms with Crippen LogP contribution in [0, 0.1) is 6.92 Å². The molecule has 0 atom stereocenters. The summed E-state index contributed by atoms with van der Waals surface area (Å²) in [6.45, 7) is 1.89. The highest BCUT2D eigenvalue weighted by Crippen LogP contribution is 2.35. The predicted octanol–water partition coefficient (Wildman–Crippen LogP) is 5.76. The number of hydrogen-bond acceptors (Lipinski definition) is 7. The van der Waals surface area contributed by atoms with Crippen molar-refractivity contribution in [3.05, 3.63) is 81.1 Å². The smallest absolute Gasteiger partial charge is 0.268 e. The number of aromatic nitrogens is 3. The van der Waals surface area contributed by atoms with E-state index < -0.39 is 0 Å². The van der Waals surface area contributed by atoms with Crippen molar-refractivity contribution in [1.82, 2.24) is 14.7 Å². The van der Waals surface area contributed by atoms with Crippen LogP contribution in [0.2, 0.25) is 0 Å². The molecule has 0 unspecified atom stereocenters. The minimum absolute atomic E-state index is 0.0536. The molecular weight excluding hydrogens is 422 g/mol. The van der Waals surface area contributed by atoms with Gasteiger partial charge in [-0.1, -0.05) is 41.2 Å². The lowest BCUT2D eigenvalue weighted by molar-refractivity contribution is 0.391. The monoisotopic (exact) mass is 437 g/mol. The van der Waals surface area contributed by atoms with Gasteiger partial charge in [0.05, 0.1) is 22.5 Å². The highest BCUT2D eigenvalue weighted by Gasteiger charge is 2.19. The van der Waals surface area contributed by atoms with Crippen LogP contribution in [0.3, 0.4) is 0 Å². The Bertz CT molecular complexity index is 1340. The van der Waals surface area contributed by atoms with Crippen molar-refractivity contribution < 1.29 is 4.52 Å². The van der Waals surface area contributed by atoms with Crippen LogP contribution in [0.15, 0.2) is 73.8 Å². The Hall–Kier alpha value is -2.68. The summed E-state index contributed by atoms with van der Waals surface area (Å²) >= 11 is 4.60. The summed E-state index contributed by atoms with van der Waals surface area (Å²) in [5.74, 6) is 1.31. The van der Waals surface area contributed by atoms with Crippen molar-refractivity contribution in [2.24, 2.45) is 0 Å². The molecule has 0 saturated carbocycles. The molecule has 8 heteroatoms. The maximum absolute atomic E-state index is 13.6. The van der Waals surface area contributed by atoms with Crippen LogP contribution < -0.4 is 5.56 Å². The molecule has 0 N–H and O–H groups in total. The summed E-state index contributed by atoms with van der Waals surface area (Å²) < 4.78 is 7.01. The predicted molar refractivity (Wildman–Crippen MR) is 119 cm³/mol. The standard InChI is InChI=1S/C21H15N3O2S3/c1-13-10-15(26-23-13)11-29-21-22-19-18(16(12-28-19)17-8-5-9-27-17)20(25)24(21)14-6-3-2-4-7-14/h2-10,12H,11H2,1H3. The van der Waals surface area contributed by atoms with Crippen molar-refractivity contribution in [2.75, 3.05) is 0 Å². The maximum Gasteiger partial charge on any atom is 0.268 e. The zero-order valence-corrected chi connectivity index (χ0v) is 17.8. The van der Waals surface area contributed by atoms with Crippen LogP contribution in [0.25, 0.3) is 26.3 Å². The van der Waals surface area contributed by atoms with Crippen molar-refractivity contribution in [1.29, 1.82) is 0 Å². The molecule has 144 valence electrons. The van der Waals surface area contributed by atoms with E-state index in [4.69, 9.17) is 9.51 Å². The summed E-state index contributed by atoms with van der Waals surface area (Å²) in [5, 5.41) is 9.29. The Morgan fingerprint density at radius 3 is 2.72 bits per heavy atom. The number of fused-ring (bicyclic) bond motifs is 1. The highest BCUT2D eigenvalue weighted by atomic mass is 32.2. The first kappa shape index (κ1) is 18.4. The van der Waals surface area contributed by atoms with Crippen LogP contribution >= 0.6 is 34.4 Å². The molecule has 5 nitrogen and oxygen atoms in total. The molecule has 29 heavy (non-hydrogen) atoms. The van der Waals surface area contributed by atoms with E-state index in [9.17, 15) is 4.79 Å². The number of benzene rings is 1. The van der Waals surface area contributed by atoms with Gasteiger partial charge in [-0.15, -0.1) is 22.7 Å². The summed E-state index contributed by atoms with van der Waals surface area (Å²) in [4.78, 5) is 20.3. The molecule has 4 heterocycles. The summed E-state index contributed by atoms with van der Waals surface area (Å²) in [6.07, 6.45) is 0. The van der Waals surface area contributed by atoms with Crippen molar-refractivity contribution >= 4 is 44.7 Å². The molecule has 5 aromatic rings. The lowest BCUT2D eigenvalue weighted by Crippen LogP contribution is -2.21. The maximum atomic E-state index is 13.6. The van der Waals surface area contributed by atoms with Gasteiger partial charge in [0.1, 0.15) is 10.6 Å². The van der Waals surface area contributed by atoms with Gasteiger partial charge in [0.25, 0.3) is 5.56 Å². The minimum Gasteiger partial charge on any atom is -0.360 e. The zero-order valence-electron chi connectivity index (χ0n) is 15.4. The number of thiophene rings is 2. The van der Waals surface area contributed by atoms with E-state index in [0.29, 0.717) is 16.3 Å². The first-order chi connectivity index (χ1) is 14.2. The largest absolute Gasteiger partial charge is 0.360 e. The fourth-order valence-corrected chi connectivity index (χ4v) is 5.80. The van der Waals surface area contributed by atoms with Gasteiger partial charge in [-0.05, 0) is 30.5 Å². The quantitative estimate of drug-likeness (QED) is 0.258. The number of nitrogens with zero attached hydrogens (tertiary/aromatic N) is 3. The molecule has 0 radical (unpaired) electrons. The molecule has 1 aromatic carbocycles. The van der Waals surface area contributed by atoms with E-state index in [1.54, 1.807) is 15.9 Å². The van der Waals surface area contributed by atoms with Crippen LogP contribution in [-0.4, -0.2) is 14.7 Å². The van der Waals surface area contributed by atoms with E-state index in [0.717, 1.165) is 32.4 Å². The third kappa shape index (κ3) is 3.43. The van der Waals surface area contributed by atoms with Crippen molar-refractivity contribution in [2.45, 2.75) is 17.8 Å². The molecule has 0 aliphatic rings. The highest BCUT2D eigenvalue weighted by molar-refractivity contribution is 7.98. The van der Waals surface area contributed by atoms with E-state index in [1.807, 2.05) is 66.2 Å². The Morgan fingerprint density at radius 1 is 1.14 bits per heavy atom. The van der Waals surface area contributed by atoms with E-state index in [1.165, 1.54) is 23.1 Å². The zero-order chi connectivity index (χ0) is 19.8. The molecule has 0 bridgehead atoms. The van der Waals surface area contributed by atoms with Gasteiger partial charge in [0.15, 0.2) is 5.16 Å². The first-order valence-electron chi connectivity index (χ1n) is 8.89. The average molecular weight is 438 g/mol. The van der Waals surface area contributed by atoms with Gasteiger partial charge in [-0.2, -0.15) is 0 Å². The molecule has 5 rings (SSSR count). The molecule has 0 aliphatic heterocycles. The van der Waals surface area contributed by atoms with Gasteiger partial charge in [0.2, 0.25) is 0 Å². The molecular formula is C21H15N3O2S3. The molecule has 0 aliphatic carbocycles. The molecule has 0 spiro atoms. The molecule has 4 aromatic heterocycles. The van der Waals surface area contributed by atoms with E-state index >= 15 is 0 Å². The van der Waals surface area contributed by atoms with Gasteiger partial charge in [-0.3, -0.25) is 9.36 Å². The van der Waals surface area contributed by atoms with E-state index in [-0.39, 0.29) is 5.56 Å². The van der Waals surface area contributed by atoms with Gasteiger partial charge in [-0.25, -0.2) is 4.98 Å². The van der Waals surface area contributed by atoms with Gasteiger partial charge < -0.3 is 4.52 Å². The molecule has 0 saturated heterocycles. The number of rotatable bonds is 5. The summed E-state index contributed by atoms with van der Waals surface area (Å²) in [6, 6.07) is 15.6. The number of thioether (sulfide) groups is 1. The minimum atomic E-state index is -0.0536. The molecule has 0 amide bonds.